The number of carbonyl (C=O) groups excluding carboxylic acids is 1. The van der Waals surface area contributed by atoms with Gasteiger partial charge in [0.2, 0.25) is 5.91 Å². The van der Waals surface area contributed by atoms with Crippen LogP contribution in [0.15, 0.2) is 53.4 Å². The highest BCUT2D eigenvalue weighted by Gasteiger charge is 2.29. The van der Waals surface area contributed by atoms with Crippen LogP contribution in [0, 0.1) is 6.92 Å². The molecule has 0 aliphatic carbocycles. The molecule has 0 aliphatic heterocycles. The van der Waals surface area contributed by atoms with Crippen molar-refractivity contribution in [1.29, 1.82) is 0 Å². The number of benzene rings is 2. The smallest absolute Gasteiger partial charge is 0.264 e. The Bertz CT molecular complexity index is 912. The molecule has 2 rings (SSSR count). The molecular weight excluding hydrogens is 384 g/mol. The van der Waals surface area contributed by atoms with E-state index in [0.29, 0.717) is 16.3 Å². The molecule has 2 aromatic carbocycles. The molecule has 0 heterocycles. The van der Waals surface area contributed by atoms with E-state index in [1.54, 1.807) is 43.3 Å². The van der Waals surface area contributed by atoms with E-state index in [1.807, 2.05) is 20.8 Å². The maximum Gasteiger partial charge on any atom is 0.264 e. The van der Waals surface area contributed by atoms with Gasteiger partial charge in [-0.15, -0.1) is 0 Å². The summed E-state index contributed by atoms with van der Waals surface area (Å²) < 4.78 is 27.7. The van der Waals surface area contributed by atoms with E-state index in [0.717, 1.165) is 10.7 Å². The number of hydrogen-bond donors (Lipinski definition) is 1. The molecule has 0 atom stereocenters. The predicted molar refractivity (Wildman–Crippen MR) is 110 cm³/mol. The third kappa shape index (κ3) is 5.23. The number of sulfonamides is 1. The maximum atomic E-state index is 13.3. The molecule has 0 aliphatic rings. The highest BCUT2D eigenvalue weighted by molar-refractivity contribution is 7.92. The lowest BCUT2D eigenvalue weighted by Crippen LogP contribution is -2.48. The quantitative estimate of drug-likeness (QED) is 0.748. The van der Waals surface area contributed by atoms with Crippen molar-refractivity contribution >= 4 is 33.2 Å². The molecule has 27 heavy (non-hydrogen) atoms. The van der Waals surface area contributed by atoms with Gasteiger partial charge in [0.1, 0.15) is 6.54 Å². The topological polar surface area (TPSA) is 66.5 Å². The third-order valence-electron chi connectivity index (χ3n) is 4.42. The fourth-order valence-corrected chi connectivity index (χ4v) is 4.17. The summed E-state index contributed by atoms with van der Waals surface area (Å²) >= 11 is 6.10. The Balaban J connectivity index is 2.50. The summed E-state index contributed by atoms with van der Waals surface area (Å²) in [7, 11) is -3.94. The van der Waals surface area contributed by atoms with Crippen molar-refractivity contribution in [3.05, 3.63) is 59.1 Å². The molecule has 0 fully saturated rings. The molecule has 1 amide bonds. The fourth-order valence-electron chi connectivity index (χ4n) is 2.51. The van der Waals surface area contributed by atoms with Crippen molar-refractivity contribution in [1.82, 2.24) is 5.32 Å². The van der Waals surface area contributed by atoms with Crippen molar-refractivity contribution in [2.75, 3.05) is 10.8 Å². The van der Waals surface area contributed by atoms with Gasteiger partial charge in [-0.3, -0.25) is 9.10 Å². The highest BCUT2D eigenvalue weighted by Crippen LogP contribution is 2.29. The van der Waals surface area contributed by atoms with E-state index in [2.05, 4.69) is 5.32 Å². The molecule has 0 spiro atoms. The third-order valence-corrected chi connectivity index (χ3v) is 6.43. The van der Waals surface area contributed by atoms with Crippen molar-refractivity contribution in [2.24, 2.45) is 0 Å². The van der Waals surface area contributed by atoms with E-state index in [1.165, 1.54) is 12.1 Å². The zero-order valence-corrected chi connectivity index (χ0v) is 17.6. The van der Waals surface area contributed by atoms with Gasteiger partial charge in [0.15, 0.2) is 0 Å². The van der Waals surface area contributed by atoms with E-state index in [4.69, 9.17) is 11.6 Å². The average Bonchev–Trinajstić information content (AvgIpc) is 2.62. The first kappa shape index (κ1) is 21.3. The van der Waals surface area contributed by atoms with Crippen LogP contribution >= 0.6 is 11.6 Å². The van der Waals surface area contributed by atoms with Crippen LogP contribution in [0.2, 0.25) is 5.02 Å². The SMILES string of the molecule is CCC(C)(C)NC(=O)CN(c1cc(Cl)ccc1C)S(=O)(=O)c1ccccc1. The van der Waals surface area contributed by atoms with Gasteiger partial charge in [0, 0.05) is 10.6 Å². The molecule has 0 saturated carbocycles. The fraction of sp³-hybridized carbons (Fsp3) is 0.350. The van der Waals surface area contributed by atoms with Crippen LogP contribution in [-0.2, 0) is 14.8 Å². The van der Waals surface area contributed by atoms with Crippen LogP contribution in [0.3, 0.4) is 0 Å². The molecule has 146 valence electrons. The Morgan fingerprint density at radius 1 is 1.15 bits per heavy atom. The summed E-state index contributed by atoms with van der Waals surface area (Å²) in [5.74, 6) is -0.374. The Morgan fingerprint density at radius 2 is 1.78 bits per heavy atom. The lowest BCUT2D eigenvalue weighted by Gasteiger charge is -2.29. The largest absolute Gasteiger partial charge is 0.350 e. The minimum Gasteiger partial charge on any atom is -0.350 e. The van der Waals surface area contributed by atoms with Gasteiger partial charge in [-0.25, -0.2) is 8.42 Å². The number of amides is 1. The number of nitrogens with zero attached hydrogens (tertiary/aromatic N) is 1. The number of hydrogen-bond acceptors (Lipinski definition) is 3. The Labute approximate surface area is 166 Å². The first-order valence-corrected chi connectivity index (χ1v) is 10.5. The molecule has 7 heteroatoms. The lowest BCUT2D eigenvalue weighted by molar-refractivity contribution is -0.121. The first-order chi connectivity index (χ1) is 12.6. The molecule has 0 bridgehead atoms. The second-order valence-corrected chi connectivity index (χ2v) is 9.34. The van der Waals surface area contributed by atoms with Crippen LogP contribution in [0.1, 0.15) is 32.8 Å². The number of rotatable bonds is 7. The molecule has 0 unspecified atom stereocenters. The zero-order chi connectivity index (χ0) is 20.2. The number of aryl methyl sites for hydroxylation is 1. The Kier molecular flexibility index (Phi) is 6.54. The Morgan fingerprint density at radius 3 is 2.37 bits per heavy atom. The summed E-state index contributed by atoms with van der Waals surface area (Å²) in [6, 6.07) is 13.0. The number of nitrogens with one attached hydrogen (secondary N) is 1. The highest BCUT2D eigenvalue weighted by atomic mass is 35.5. The van der Waals surface area contributed by atoms with Crippen LogP contribution in [0.25, 0.3) is 0 Å². The number of carbonyl (C=O) groups is 1. The second kappa shape index (κ2) is 8.31. The maximum absolute atomic E-state index is 13.3. The number of anilines is 1. The molecule has 0 radical (unpaired) electrons. The first-order valence-electron chi connectivity index (χ1n) is 8.72. The summed E-state index contributed by atoms with van der Waals surface area (Å²) in [6.07, 6.45) is 0.723. The van der Waals surface area contributed by atoms with Crippen molar-refractivity contribution in [3.63, 3.8) is 0 Å². The van der Waals surface area contributed by atoms with E-state index >= 15 is 0 Å². The normalized spacial score (nSPS) is 11.9. The summed E-state index contributed by atoms with van der Waals surface area (Å²) in [6.45, 7) is 7.20. The van der Waals surface area contributed by atoms with E-state index < -0.39 is 15.6 Å². The molecule has 2 aromatic rings. The molecular formula is C20H25ClN2O3S. The lowest BCUT2D eigenvalue weighted by atomic mass is 10.0. The molecule has 5 nitrogen and oxygen atoms in total. The van der Waals surface area contributed by atoms with Crippen molar-refractivity contribution in [3.8, 4) is 0 Å². The van der Waals surface area contributed by atoms with Gasteiger partial charge in [-0.2, -0.15) is 0 Å². The predicted octanol–water partition coefficient (Wildman–Crippen LogP) is 4.15. The molecule has 0 aromatic heterocycles. The van der Waals surface area contributed by atoms with Crippen molar-refractivity contribution in [2.45, 2.75) is 44.6 Å². The van der Waals surface area contributed by atoms with Crippen LogP contribution in [-0.4, -0.2) is 26.4 Å². The van der Waals surface area contributed by atoms with Crippen LogP contribution in [0.4, 0.5) is 5.69 Å². The number of halogens is 1. The van der Waals surface area contributed by atoms with Gasteiger partial charge >= 0.3 is 0 Å². The summed E-state index contributed by atoms with van der Waals surface area (Å²) in [5, 5.41) is 3.29. The van der Waals surface area contributed by atoms with E-state index in [-0.39, 0.29) is 17.3 Å². The van der Waals surface area contributed by atoms with Gasteiger partial charge in [-0.1, -0.05) is 42.8 Å². The summed E-state index contributed by atoms with van der Waals surface area (Å²) in [4.78, 5) is 12.7. The summed E-state index contributed by atoms with van der Waals surface area (Å²) in [5.41, 5.74) is 0.667. The van der Waals surface area contributed by atoms with Gasteiger partial charge < -0.3 is 5.32 Å². The monoisotopic (exact) mass is 408 g/mol. The standard InChI is InChI=1S/C20H25ClN2O3S/c1-5-20(3,4)22-19(24)14-23(18-13-16(21)12-11-15(18)2)27(25,26)17-9-7-6-8-10-17/h6-13H,5,14H2,1-4H3,(H,22,24). The van der Waals surface area contributed by atoms with Crippen molar-refractivity contribution < 1.29 is 13.2 Å². The van der Waals surface area contributed by atoms with Gasteiger partial charge in [0.05, 0.1) is 10.6 Å². The molecule has 1 N–H and O–H groups in total. The average molecular weight is 409 g/mol. The van der Waals surface area contributed by atoms with E-state index in [9.17, 15) is 13.2 Å². The van der Waals surface area contributed by atoms with Crippen LogP contribution < -0.4 is 9.62 Å². The second-order valence-electron chi connectivity index (χ2n) is 7.04. The van der Waals surface area contributed by atoms with Crippen LogP contribution in [0.5, 0.6) is 0 Å². The Hall–Kier alpha value is -2.05. The van der Waals surface area contributed by atoms with Gasteiger partial charge in [0.25, 0.3) is 10.0 Å². The minimum atomic E-state index is -3.94. The minimum absolute atomic E-state index is 0.118. The zero-order valence-electron chi connectivity index (χ0n) is 16.0. The molecule has 0 saturated heterocycles. The van der Waals surface area contributed by atoms with Gasteiger partial charge in [-0.05, 0) is 57.0 Å².